The van der Waals surface area contributed by atoms with E-state index in [1.807, 2.05) is 0 Å². The van der Waals surface area contributed by atoms with Gasteiger partial charge in [0.25, 0.3) is 0 Å². The van der Waals surface area contributed by atoms with E-state index in [0.717, 1.165) is 12.8 Å². The summed E-state index contributed by atoms with van der Waals surface area (Å²) in [5, 5.41) is 2.98. The molecular formula is C10H16N2O3. The van der Waals surface area contributed by atoms with Gasteiger partial charge in [-0.3, -0.25) is 5.32 Å². The third kappa shape index (κ3) is 2.87. The first-order valence-corrected chi connectivity index (χ1v) is 4.87. The molecule has 1 fully saturated rings. The van der Waals surface area contributed by atoms with Crippen molar-refractivity contribution in [1.29, 1.82) is 0 Å². The highest BCUT2D eigenvalue weighted by Gasteiger charge is 2.29. The molecule has 5 heteroatoms. The van der Waals surface area contributed by atoms with Gasteiger partial charge >= 0.3 is 5.97 Å². The van der Waals surface area contributed by atoms with Crippen molar-refractivity contribution in [3.63, 3.8) is 0 Å². The lowest BCUT2D eigenvalue weighted by Gasteiger charge is -2.26. The van der Waals surface area contributed by atoms with Gasteiger partial charge in [-0.05, 0) is 13.8 Å². The number of aldehydes is 1. The zero-order valence-corrected chi connectivity index (χ0v) is 9.03. The summed E-state index contributed by atoms with van der Waals surface area (Å²) in [5.74, 6) is -0.431. The summed E-state index contributed by atoms with van der Waals surface area (Å²) in [6.45, 7) is 8.24. The van der Waals surface area contributed by atoms with E-state index in [0.29, 0.717) is 12.1 Å². The van der Waals surface area contributed by atoms with Gasteiger partial charge in [0.1, 0.15) is 6.17 Å². The molecule has 0 aliphatic carbocycles. The third-order valence-electron chi connectivity index (χ3n) is 2.30. The molecule has 15 heavy (non-hydrogen) atoms. The summed E-state index contributed by atoms with van der Waals surface area (Å²) in [7, 11) is 0. The zero-order chi connectivity index (χ0) is 11.4. The predicted molar refractivity (Wildman–Crippen MR) is 54.9 cm³/mol. The number of carbonyl (C=O) groups is 2. The van der Waals surface area contributed by atoms with E-state index in [4.69, 9.17) is 4.74 Å². The molecule has 0 aromatic rings. The molecule has 0 aromatic heterocycles. The Morgan fingerprint density at radius 2 is 2.40 bits per heavy atom. The van der Waals surface area contributed by atoms with Crippen molar-refractivity contribution >= 4 is 12.3 Å². The number of hydrogen-bond donors (Lipinski definition) is 1. The van der Waals surface area contributed by atoms with Crippen molar-refractivity contribution < 1.29 is 14.3 Å². The van der Waals surface area contributed by atoms with E-state index in [1.54, 1.807) is 18.7 Å². The highest BCUT2D eigenvalue weighted by atomic mass is 16.6. The van der Waals surface area contributed by atoms with E-state index in [2.05, 4.69) is 11.9 Å². The minimum Gasteiger partial charge on any atom is -0.443 e. The van der Waals surface area contributed by atoms with Gasteiger partial charge in [0.05, 0.1) is 0 Å². The standard InChI is InChI=1S/C10H16N2O3/c1-7(2)10(14)15-8(3)12-5-4-11-9(12)6-13/h6,8-9,11H,1,4-5H2,2-3H3. The van der Waals surface area contributed by atoms with Gasteiger partial charge in [-0.2, -0.15) is 0 Å². The summed E-state index contributed by atoms with van der Waals surface area (Å²) >= 11 is 0. The summed E-state index contributed by atoms with van der Waals surface area (Å²) in [5.41, 5.74) is 0.358. The fraction of sp³-hybridized carbons (Fsp3) is 0.600. The van der Waals surface area contributed by atoms with E-state index in [1.165, 1.54) is 0 Å². The Kier molecular flexibility index (Phi) is 3.99. The normalized spacial score (nSPS) is 23.5. The molecule has 0 saturated carbocycles. The molecule has 0 amide bonds. The first-order valence-electron chi connectivity index (χ1n) is 4.87. The zero-order valence-electron chi connectivity index (χ0n) is 9.03. The summed E-state index contributed by atoms with van der Waals surface area (Å²) in [6.07, 6.45) is 0.0234. The number of ether oxygens (including phenoxy) is 1. The lowest BCUT2D eigenvalue weighted by atomic mass is 10.3. The van der Waals surface area contributed by atoms with Crippen LogP contribution in [0.3, 0.4) is 0 Å². The van der Waals surface area contributed by atoms with Crippen molar-refractivity contribution in [1.82, 2.24) is 10.2 Å². The first kappa shape index (κ1) is 11.9. The maximum atomic E-state index is 11.2. The third-order valence-corrected chi connectivity index (χ3v) is 2.30. The van der Waals surface area contributed by atoms with Crippen LogP contribution >= 0.6 is 0 Å². The van der Waals surface area contributed by atoms with E-state index >= 15 is 0 Å². The minimum absolute atomic E-state index is 0.358. The monoisotopic (exact) mass is 212 g/mol. The fourth-order valence-electron chi connectivity index (χ4n) is 1.46. The van der Waals surface area contributed by atoms with E-state index in [-0.39, 0.29) is 6.17 Å². The second kappa shape index (κ2) is 5.04. The number of hydrogen-bond acceptors (Lipinski definition) is 5. The Labute approximate surface area is 89.1 Å². The smallest absolute Gasteiger partial charge is 0.334 e. The molecule has 1 aliphatic rings. The number of esters is 1. The number of carbonyl (C=O) groups excluding carboxylic acids is 2. The Morgan fingerprint density at radius 3 is 2.93 bits per heavy atom. The molecular weight excluding hydrogens is 196 g/mol. The molecule has 1 aliphatic heterocycles. The maximum absolute atomic E-state index is 11.2. The van der Waals surface area contributed by atoms with Crippen LogP contribution in [0.2, 0.25) is 0 Å². The molecule has 1 N–H and O–H groups in total. The molecule has 1 rings (SSSR count). The fourth-order valence-corrected chi connectivity index (χ4v) is 1.46. The highest BCUT2D eigenvalue weighted by Crippen LogP contribution is 2.09. The van der Waals surface area contributed by atoms with Gasteiger partial charge in [-0.1, -0.05) is 6.58 Å². The summed E-state index contributed by atoms with van der Waals surface area (Å²) < 4.78 is 5.12. The molecule has 2 atom stereocenters. The lowest BCUT2D eigenvalue weighted by Crippen LogP contribution is -2.44. The molecule has 0 spiro atoms. The van der Waals surface area contributed by atoms with Gasteiger partial charge in [-0.25, -0.2) is 9.69 Å². The Morgan fingerprint density at radius 1 is 1.73 bits per heavy atom. The van der Waals surface area contributed by atoms with Crippen LogP contribution in [0.15, 0.2) is 12.2 Å². The van der Waals surface area contributed by atoms with Gasteiger partial charge in [0.2, 0.25) is 0 Å². The Balaban J connectivity index is 2.52. The molecule has 84 valence electrons. The van der Waals surface area contributed by atoms with Crippen LogP contribution in [0.5, 0.6) is 0 Å². The quantitative estimate of drug-likeness (QED) is 0.400. The van der Waals surface area contributed by atoms with Crippen LogP contribution in [-0.4, -0.2) is 42.6 Å². The van der Waals surface area contributed by atoms with Crippen LogP contribution in [0.4, 0.5) is 0 Å². The first-order chi connectivity index (χ1) is 7.06. The van der Waals surface area contributed by atoms with Crippen LogP contribution in [-0.2, 0) is 14.3 Å². The van der Waals surface area contributed by atoms with Crippen LogP contribution in [0.25, 0.3) is 0 Å². The second-order valence-electron chi connectivity index (χ2n) is 3.56. The van der Waals surface area contributed by atoms with Crippen molar-refractivity contribution in [2.45, 2.75) is 26.2 Å². The van der Waals surface area contributed by atoms with Gasteiger partial charge < -0.3 is 9.53 Å². The Hall–Kier alpha value is -1.20. The topological polar surface area (TPSA) is 58.6 Å². The lowest BCUT2D eigenvalue weighted by molar-refractivity contribution is -0.154. The SMILES string of the molecule is C=C(C)C(=O)OC(C)N1CCNC1C=O. The van der Waals surface area contributed by atoms with E-state index < -0.39 is 12.2 Å². The van der Waals surface area contributed by atoms with Crippen molar-refractivity contribution in [3.8, 4) is 0 Å². The van der Waals surface area contributed by atoms with Gasteiger partial charge in [0.15, 0.2) is 12.5 Å². The molecule has 5 nitrogen and oxygen atoms in total. The largest absolute Gasteiger partial charge is 0.443 e. The molecule has 0 aromatic carbocycles. The van der Waals surface area contributed by atoms with Crippen molar-refractivity contribution in [2.75, 3.05) is 13.1 Å². The molecule has 0 bridgehead atoms. The molecule has 2 unspecified atom stereocenters. The highest BCUT2D eigenvalue weighted by molar-refractivity contribution is 5.87. The average Bonchev–Trinajstić information content (AvgIpc) is 2.64. The average molecular weight is 212 g/mol. The predicted octanol–water partition coefficient (Wildman–Crippen LogP) is -0.118. The summed E-state index contributed by atoms with van der Waals surface area (Å²) in [4.78, 5) is 23.7. The van der Waals surface area contributed by atoms with Crippen LogP contribution in [0, 0.1) is 0 Å². The molecule has 1 heterocycles. The van der Waals surface area contributed by atoms with Crippen LogP contribution in [0.1, 0.15) is 13.8 Å². The van der Waals surface area contributed by atoms with Crippen molar-refractivity contribution in [3.05, 3.63) is 12.2 Å². The van der Waals surface area contributed by atoms with E-state index in [9.17, 15) is 9.59 Å². The Bertz CT molecular complexity index is 278. The number of nitrogens with zero attached hydrogens (tertiary/aromatic N) is 1. The van der Waals surface area contributed by atoms with Crippen molar-refractivity contribution in [2.24, 2.45) is 0 Å². The molecule has 0 radical (unpaired) electrons. The number of nitrogens with one attached hydrogen (secondary N) is 1. The van der Waals surface area contributed by atoms with Crippen LogP contribution < -0.4 is 5.32 Å². The second-order valence-corrected chi connectivity index (χ2v) is 3.56. The number of rotatable bonds is 4. The molecule has 1 saturated heterocycles. The summed E-state index contributed by atoms with van der Waals surface area (Å²) in [6, 6.07) is 0. The minimum atomic E-state index is -0.431. The van der Waals surface area contributed by atoms with Gasteiger partial charge in [-0.15, -0.1) is 0 Å². The van der Waals surface area contributed by atoms with Gasteiger partial charge in [0, 0.05) is 18.7 Å². The maximum Gasteiger partial charge on any atom is 0.334 e.